The number of carbonyl (C=O) groups is 2. The molecule has 0 saturated heterocycles. The second-order valence-corrected chi connectivity index (χ2v) is 6.18. The van der Waals surface area contributed by atoms with Gasteiger partial charge in [-0.25, -0.2) is 14.4 Å². The number of benzene rings is 2. The molecule has 142 valence electrons. The first kappa shape index (κ1) is 19.2. The summed E-state index contributed by atoms with van der Waals surface area (Å²) < 4.78 is 12.9. The lowest BCUT2D eigenvalue weighted by Crippen LogP contribution is -2.26. The lowest BCUT2D eigenvalue weighted by atomic mass is 10.1. The highest BCUT2D eigenvalue weighted by molar-refractivity contribution is 5.94. The molecule has 0 bridgehead atoms. The van der Waals surface area contributed by atoms with Gasteiger partial charge < -0.3 is 10.6 Å². The number of rotatable bonds is 7. The largest absolute Gasteiger partial charge is 0.350 e. The highest BCUT2D eigenvalue weighted by atomic mass is 19.1. The number of carbonyl (C=O) groups excluding carboxylic acids is 2. The van der Waals surface area contributed by atoms with Gasteiger partial charge in [-0.1, -0.05) is 12.1 Å². The molecule has 3 rings (SSSR count). The van der Waals surface area contributed by atoms with E-state index < -0.39 is 0 Å². The predicted molar refractivity (Wildman–Crippen MR) is 104 cm³/mol. The average Bonchev–Trinajstić information content (AvgIpc) is 2.70. The van der Waals surface area contributed by atoms with Gasteiger partial charge in [0.2, 0.25) is 0 Å². The number of hydrogen-bond acceptors (Lipinski definition) is 5. The number of anilines is 2. The van der Waals surface area contributed by atoms with Crippen molar-refractivity contribution >= 4 is 23.2 Å². The Hall–Kier alpha value is -3.61. The predicted octanol–water partition coefficient (Wildman–Crippen LogP) is 3.53. The first-order valence-electron chi connectivity index (χ1n) is 8.74. The minimum absolute atomic E-state index is 0.00105. The van der Waals surface area contributed by atoms with E-state index in [1.807, 2.05) is 0 Å². The number of nitrogens with one attached hydrogen (secondary N) is 2. The van der Waals surface area contributed by atoms with Crippen LogP contribution in [0.25, 0.3) is 0 Å². The van der Waals surface area contributed by atoms with E-state index in [1.165, 1.54) is 31.5 Å². The summed E-state index contributed by atoms with van der Waals surface area (Å²) in [6.45, 7) is 1.92. The van der Waals surface area contributed by atoms with Gasteiger partial charge in [-0.2, -0.15) is 0 Å². The van der Waals surface area contributed by atoms with Crippen molar-refractivity contribution in [2.45, 2.75) is 13.3 Å². The molecule has 7 heteroatoms. The fourth-order valence-corrected chi connectivity index (χ4v) is 2.51. The number of ketones is 1. The molecule has 0 radical (unpaired) electrons. The van der Waals surface area contributed by atoms with Crippen LogP contribution < -0.4 is 10.6 Å². The van der Waals surface area contributed by atoms with Gasteiger partial charge in [0, 0.05) is 17.8 Å². The Kier molecular flexibility index (Phi) is 6.06. The van der Waals surface area contributed by atoms with Crippen LogP contribution in [0.2, 0.25) is 0 Å². The summed E-state index contributed by atoms with van der Waals surface area (Å²) in [7, 11) is 0. The summed E-state index contributed by atoms with van der Waals surface area (Å²) in [5.41, 5.74) is 2.53. The maximum atomic E-state index is 12.9. The Morgan fingerprint density at radius 2 is 1.68 bits per heavy atom. The molecular weight excluding hydrogens is 359 g/mol. The van der Waals surface area contributed by atoms with Crippen molar-refractivity contribution in [1.82, 2.24) is 15.3 Å². The summed E-state index contributed by atoms with van der Waals surface area (Å²) in [6, 6.07) is 13.1. The first-order valence-corrected chi connectivity index (χ1v) is 8.74. The van der Waals surface area contributed by atoms with Crippen LogP contribution in [-0.4, -0.2) is 28.2 Å². The maximum Gasteiger partial charge on any atom is 0.271 e. The van der Waals surface area contributed by atoms with Gasteiger partial charge in [0.25, 0.3) is 5.91 Å². The summed E-state index contributed by atoms with van der Waals surface area (Å²) in [6.07, 6.45) is 3.45. The minimum atomic E-state index is -0.327. The van der Waals surface area contributed by atoms with Gasteiger partial charge in [-0.3, -0.25) is 9.59 Å². The van der Waals surface area contributed by atoms with E-state index >= 15 is 0 Å². The zero-order valence-corrected chi connectivity index (χ0v) is 15.3. The van der Waals surface area contributed by atoms with Crippen molar-refractivity contribution in [3.8, 4) is 0 Å². The number of aromatic nitrogens is 2. The molecule has 3 aromatic rings. The molecule has 1 amide bonds. The van der Waals surface area contributed by atoms with Crippen LogP contribution in [0, 0.1) is 5.82 Å². The third-order valence-corrected chi connectivity index (χ3v) is 4.06. The SMILES string of the molecule is CC(=O)c1ccc(Nc2cnc(C(=O)NCCc3ccc(F)cc3)cn2)cc1. The molecule has 0 atom stereocenters. The normalized spacial score (nSPS) is 10.4. The van der Waals surface area contributed by atoms with Crippen LogP contribution in [0.3, 0.4) is 0 Å². The standard InChI is InChI=1S/C21H19FN4O2/c1-14(27)16-4-8-18(9-5-16)26-20-13-24-19(12-25-20)21(28)23-11-10-15-2-6-17(22)7-3-15/h2-9,12-13H,10-11H2,1H3,(H,23,28)(H,25,26). The van der Waals surface area contributed by atoms with Gasteiger partial charge in [0.1, 0.15) is 17.3 Å². The lowest BCUT2D eigenvalue weighted by molar-refractivity contribution is 0.0948. The van der Waals surface area contributed by atoms with E-state index in [-0.39, 0.29) is 23.2 Å². The van der Waals surface area contributed by atoms with Crippen molar-refractivity contribution in [1.29, 1.82) is 0 Å². The molecule has 1 heterocycles. The van der Waals surface area contributed by atoms with E-state index in [9.17, 15) is 14.0 Å². The summed E-state index contributed by atoms with van der Waals surface area (Å²) >= 11 is 0. The quantitative estimate of drug-likeness (QED) is 0.615. The molecule has 0 aliphatic carbocycles. The summed E-state index contributed by atoms with van der Waals surface area (Å²) in [5.74, 6) is -0.127. The van der Waals surface area contributed by atoms with Crippen molar-refractivity contribution in [3.05, 3.63) is 83.6 Å². The Morgan fingerprint density at radius 3 is 2.29 bits per heavy atom. The number of amides is 1. The third kappa shape index (κ3) is 5.20. The zero-order valence-electron chi connectivity index (χ0n) is 15.3. The number of Topliss-reactive ketones (excluding diaryl/α,β-unsaturated/α-hetero) is 1. The smallest absolute Gasteiger partial charge is 0.271 e. The number of halogens is 1. The van der Waals surface area contributed by atoms with Gasteiger partial charge in [-0.15, -0.1) is 0 Å². The molecule has 1 aromatic heterocycles. The third-order valence-electron chi connectivity index (χ3n) is 4.06. The van der Waals surface area contributed by atoms with Gasteiger partial charge in [0.15, 0.2) is 5.78 Å². The Labute approximate surface area is 161 Å². The van der Waals surface area contributed by atoms with Crippen LogP contribution in [0.5, 0.6) is 0 Å². The lowest BCUT2D eigenvalue weighted by Gasteiger charge is -2.07. The molecule has 0 aliphatic heterocycles. The Balaban J connectivity index is 1.52. The zero-order chi connectivity index (χ0) is 19.9. The molecule has 0 aliphatic rings. The molecule has 28 heavy (non-hydrogen) atoms. The van der Waals surface area contributed by atoms with Crippen LogP contribution in [0.4, 0.5) is 15.9 Å². The van der Waals surface area contributed by atoms with Gasteiger partial charge in [-0.05, 0) is 55.3 Å². The fourth-order valence-electron chi connectivity index (χ4n) is 2.51. The maximum absolute atomic E-state index is 12.9. The van der Waals surface area contributed by atoms with E-state index in [0.717, 1.165) is 11.3 Å². The van der Waals surface area contributed by atoms with Crippen LogP contribution in [0.15, 0.2) is 60.9 Å². The van der Waals surface area contributed by atoms with Gasteiger partial charge in [0.05, 0.1) is 12.4 Å². The summed E-state index contributed by atoms with van der Waals surface area (Å²) in [4.78, 5) is 31.7. The van der Waals surface area contributed by atoms with E-state index in [2.05, 4.69) is 20.6 Å². The Morgan fingerprint density at radius 1 is 0.964 bits per heavy atom. The van der Waals surface area contributed by atoms with E-state index in [0.29, 0.717) is 24.3 Å². The number of hydrogen-bond donors (Lipinski definition) is 2. The summed E-state index contributed by atoms with van der Waals surface area (Å²) in [5, 5.41) is 5.82. The van der Waals surface area contributed by atoms with Crippen LogP contribution in [0.1, 0.15) is 33.3 Å². The molecule has 0 saturated carbocycles. The van der Waals surface area contributed by atoms with Crippen LogP contribution in [-0.2, 0) is 6.42 Å². The molecule has 0 spiro atoms. The van der Waals surface area contributed by atoms with E-state index in [4.69, 9.17) is 0 Å². The van der Waals surface area contributed by atoms with Crippen molar-refractivity contribution in [2.75, 3.05) is 11.9 Å². The Bertz CT molecular complexity index is 955. The molecule has 2 aromatic carbocycles. The molecule has 6 nitrogen and oxygen atoms in total. The minimum Gasteiger partial charge on any atom is -0.350 e. The average molecular weight is 378 g/mol. The van der Waals surface area contributed by atoms with E-state index in [1.54, 1.807) is 36.4 Å². The fraction of sp³-hybridized carbons (Fsp3) is 0.143. The van der Waals surface area contributed by atoms with Crippen molar-refractivity contribution in [2.24, 2.45) is 0 Å². The highest BCUT2D eigenvalue weighted by Gasteiger charge is 2.08. The second-order valence-electron chi connectivity index (χ2n) is 6.18. The van der Waals surface area contributed by atoms with Gasteiger partial charge >= 0.3 is 0 Å². The number of nitrogens with zero attached hydrogens (tertiary/aromatic N) is 2. The molecular formula is C21H19FN4O2. The second kappa shape index (κ2) is 8.85. The molecule has 0 unspecified atom stereocenters. The van der Waals surface area contributed by atoms with Crippen molar-refractivity contribution in [3.63, 3.8) is 0 Å². The highest BCUT2D eigenvalue weighted by Crippen LogP contribution is 2.15. The monoisotopic (exact) mass is 378 g/mol. The first-order chi connectivity index (χ1) is 13.5. The molecule has 0 fully saturated rings. The van der Waals surface area contributed by atoms with Crippen LogP contribution >= 0.6 is 0 Å². The van der Waals surface area contributed by atoms with Crippen molar-refractivity contribution < 1.29 is 14.0 Å². The molecule has 2 N–H and O–H groups in total. The topological polar surface area (TPSA) is 84.0 Å².